The van der Waals surface area contributed by atoms with Gasteiger partial charge in [-0.25, -0.2) is 4.98 Å². The highest BCUT2D eigenvalue weighted by atomic mass is 32.2. The minimum Gasteiger partial charge on any atom is -0.506 e. The van der Waals surface area contributed by atoms with Crippen molar-refractivity contribution in [1.82, 2.24) is 9.55 Å². The summed E-state index contributed by atoms with van der Waals surface area (Å²) in [4.78, 5) is 27.7. The highest BCUT2D eigenvalue weighted by molar-refractivity contribution is 7.99. The minimum absolute atomic E-state index is 0.0668. The van der Waals surface area contributed by atoms with Crippen LogP contribution in [0.5, 0.6) is 5.75 Å². The van der Waals surface area contributed by atoms with Crippen molar-refractivity contribution >= 4 is 29.1 Å². The standard InChI is InChI=1S/C16H19N3O3S/c1-3-7-19-8-6-17-16(19)23-10-15(22)12-4-5-14(21)13(9-12)18-11(2)20/h4-6,8-9,21H,3,7,10H2,1-2H3,(H,18,20). The number of carbonyl (C=O) groups is 2. The molecule has 0 fully saturated rings. The van der Waals surface area contributed by atoms with Crippen LogP contribution in [-0.4, -0.2) is 32.1 Å². The molecule has 7 heteroatoms. The Labute approximate surface area is 138 Å². The van der Waals surface area contributed by atoms with Gasteiger partial charge in [-0.05, 0) is 24.6 Å². The van der Waals surface area contributed by atoms with Crippen molar-refractivity contribution in [3.05, 3.63) is 36.2 Å². The Bertz CT molecular complexity index is 712. The van der Waals surface area contributed by atoms with Crippen LogP contribution in [-0.2, 0) is 11.3 Å². The van der Waals surface area contributed by atoms with E-state index in [-0.39, 0.29) is 28.9 Å². The first-order valence-electron chi connectivity index (χ1n) is 7.29. The van der Waals surface area contributed by atoms with Gasteiger partial charge in [-0.3, -0.25) is 9.59 Å². The van der Waals surface area contributed by atoms with Crippen LogP contribution in [0.25, 0.3) is 0 Å². The van der Waals surface area contributed by atoms with Crippen LogP contribution in [0.15, 0.2) is 35.7 Å². The van der Waals surface area contributed by atoms with Gasteiger partial charge in [-0.15, -0.1) is 0 Å². The van der Waals surface area contributed by atoms with Crippen LogP contribution in [0.3, 0.4) is 0 Å². The van der Waals surface area contributed by atoms with Gasteiger partial charge >= 0.3 is 0 Å². The summed E-state index contributed by atoms with van der Waals surface area (Å²) in [6.07, 6.45) is 4.61. The second-order valence-electron chi connectivity index (χ2n) is 5.03. The first-order chi connectivity index (χ1) is 11.0. The summed E-state index contributed by atoms with van der Waals surface area (Å²) < 4.78 is 2.01. The number of phenols is 1. The Morgan fingerprint density at radius 3 is 2.87 bits per heavy atom. The molecule has 2 N–H and O–H groups in total. The number of carbonyl (C=O) groups excluding carboxylic acids is 2. The number of hydrogen-bond donors (Lipinski definition) is 2. The number of hydrogen-bond acceptors (Lipinski definition) is 5. The number of amides is 1. The first kappa shape index (κ1) is 17.1. The third-order valence-electron chi connectivity index (χ3n) is 3.10. The fraction of sp³-hybridized carbons (Fsp3) is 0.312. The molecule has 122 valence electrons. The van der Waals surface area contributed by atoms with Crippen LogP contribution < -0.4 is 5.32 Å². The van der Waals surface area contributed by atoms with E-state index in [9.17, 15) is 14.7 Å². The van der Waals surface area contributed by atoms with E-state index >= 15 is 0 Å². The summed E-state index contributed by atoms with van der Waals surface area (Å²) in [6.45, 7) is 4.29. The maximum absolute atomic E-state index is 12.3. The third kappa shape index (κ3) is 4.59. The largest absolute Gasteiger partial charge is 0.506 e. The van der Waals surface area contributed by atoms with E-state index in [1.807, 2.05) is 10.8 Å². The summed E-state index contributed by atoms with van der Waals surface area (Å²) >= 11 is 1.37. The number of phenolic OH excluding ortho intramolecular Hbond substituents is 1. The average Bonchev–Trinajstić information content (AvgIpc) is 2.94. The Hall–Kier alpha value is -2.28. The molecule has 6 nitrogen and oxygen atoms in total. The number of aryl methyl sites for hydroxylation is 1. The minimum atomic E-state index is -0.305. The Balaban J connectivity index is 2.05. The lowest BCUT2D eigenvalue weighted by Gasteiger charge is -2.08. The maximum Gasteiger partial charge on any atom is 0.221 e. The van der Waals surface area contributed by atoms with E-state index in [1.54, 1.807) is 12.3 Å². The van der Waals surface area contributed by atoms with Gasteiger partial charge in [0.15, 0.2) is 10.9 Å². The van der Waals surface area contributed by atoms with Crippen LogP contribution in [0.4, 0.5) is 5.69 Å². The molecule has 1 aromatic carbocycles. The van der Waals surface area contributed by atoms with E-state index in [0.29, 0.717) is 5.56 Å². The van der Waals surface area contributed by atoms with Gasteiger partial charge in [0.05, 0.1) is 11.4 Å². The fourth-order valence-corrected chi connectivity index (χ4v) is 2.94. The molecule has 0 atom stereocenters. The van der Waals surface area contributed by atoms with Crippen LogP contribution >= 0.6 is 11.8 Å². The number of ketones is 1. The Morgan fingerprint density at radius 2 is 2.17 bits per heavy atom. The molecule has 0 saturated heterocycles. The lowest BCUT2D eigenvalue weighted by atomic mass is 10.1. The number of rotatable bonds is 7. The maximum atomic E-state index is 12.3. The average molecular weight is 333 g/mol. The second kappa shape index (κ2) is 7.82. The van der Waals surface area contributed by atoms with Gasteiger partial charge in [0.1, 0.15) is 5.75 Å². The predicted octanol–water partition coefficient (Wildman–Crippen LogP) is 2.93. The number of thioether (sulfide) groups is 1. The summed E-state index contributed by atoms with van der Waals surface area (Å²) in [5.41, 5.74) is 0.675. The zero-order valence-electron chi connectivity index (χ0n) is 13.1. The molecule has 2 aromatic rings. The summed E-state index contributed by atoms with van der Waals surface area (Å²) in [6, 6.07) is 4.43. The topological polar surface area (TPSA) is 84.2 Å². The number of Topliss-reactive ketones (excluding diaryl/α,β-unsaturated/α-hetero) is 1. The van der Waals surface area contributed by atoms with Crippen molar-refractivity contribution in [3.63, 3.8) is 0 Å². The lowest BCUT2D eigenvalue weighted by molar-refractivity contribution is -0.114. The monoisotopic (exact) mass is 333 g/mol. The van der Waals surface area contributed by atoms with E-state index in [0.717, 1.165) is 18.1 Å². The molecule has 1 heterocycles. The van der Waals surface area contributed by atoms with Crippen LogP contribution in [0, 0.1) is 0 Å². The number of benzene rings is 1. The van der Waals surface area contributed by atoms with Gasteiger partial charge < -0.3 is 15.0 Å². The molecule has 0 aliphatic rings. The van der Waals surface area contributed by atoms with E-state index < -0.39 is 0 Å². The summed E-state index contributed by atoms with van der Waals surface area (Å²) in [5, 5.41) is 13.0. The molecular formula is C16H19N3O3S. The molecule has 1 amide bonds. The summed E-state index contributed by atoms with van der Waals surface area (Å²) in [7, 11) is 0. The van der Waals surface area contributed by atoms with Crippen molar-refractivity contribution in [1.29, 1.82) is 0 Å². The normalized spacial score (nSPS) is 10.5. The number of nitrogens with zero attached hydrogens (tertiary/aromatic N) is 2. The van der Waals surface area contributed by atoms with Crippen molar-refractivity contribution < 1.29 is 14.7 Å². The quantitative estimate of drug-likeness (QED) is 0.462. The second-order valence-corrected chi connectivity index (χ2v) is 5.97. The van der Waals surface area contributed by atoms with E-state index in [1.165, 1.54) is 30.8 Å². The molecule has 0 bridgehead atoms. The molecule has 23 heavy (non-hydrogen) atoms. The SMILES string of the molecule is CCCn1ccnc1SCC(=O)c1ccc(O)c(NC(C)=O)c1. The number of nitrogens with one attached hydrogen (secondary N) is 1. The van der Waals surface area contributed by atoms with Crippen LogP contribution in [0.2, 0.25) is 0 Å². The van der Waals surface area contributed by atoms with Crippen LogP contribution in [0.1, 0.15) is 30.6 Å². The number of aromatic hydroxyl groups is 1. The van der Waals surface area contributed by atoms with Gasteiger partial charge in [0.2, 0.25) is 5.91 Å². The molecule has 0 radical (unpaired) electrons. The zero-order chi connectivity index (χ0) is 16.8. The third-order valence-corrected chi connectivity index (χ3v) is 4.11. The fourth-order valence-electron chi connectivity index (χ4n) is 2.06. The highest BCUT2D eigenvalue weighted by Crippen LogP contribution is 2.25. The molecule has 0 aliphatic heterocycles. The van der Waals surface area contributed by atoms with Crippen molar-refractivity contribution in [2.75, 3.05) is 11.1 Å². The van der Waals surface area contributed by atoms with E-state index in [2.05, 4.69) is 17.2 Å². The molecule has 0 saturated carbocycles. The molecule has 0 unspecified atom stereocenters. The van der Waals surface area contributed by atoms with Crippen molar-refractivity contribution in [2.45, 2.75) is 32.0 Å². The Morgan fingerprint density at radius 1 is 1.39 bits per heavy atom. The number of imidazole rings is 1. The molecular weight excluding hydrogens is 314 g/mol. The van der Waals surface area contributed by atoms with Crippen molar-refractivity contribution in [3.8, 4) is 5.75 Å². The van der Waals surface area contributed by atoms with E-state index in [4.69, 9.17) is 0 Å². The van der Waals surface area contributed by atoms with Crippen molar-refractivity contribution in [2.24, 2.45) is 0 Å². The number of anilines is 1. The molecule has 1 aromatic heterocycles. The van der Waals surface area contributed by atoms with Gasteiger partial charge in [0, 0.05) is 31.4 Å². The smallest absolute Gasteiger partial charge is 0.221 e. The van der Waals surface area contributed by atoms with Gasteiger partial charge in [-0.2, -0.15) is 0 Å². The van der Waals surface area contributed by atoms with Gasteiger partial charge in [0.25, 0.3) is 0 Å². The van der Waals surface area contributed by atoms with Gasteiger partial charge in [-0.1, -0.05) is 18.7 Å². The summed E-state index contributed by atoms with van der Waals surface area (Å²) in [5.74, 6) is -0.221. The zero-order valence-corrected chi connectivity index (χ0v) is 13.9. The number of aromatic nitrogens is 2. The predicted molar refractivity (Wildman–Crippen MR) is 90.0 cm³/mol. The first-order valence-corrected chi connectivity index (χ1v) is 8.27. The molecule has 0 aliphatic carbocycles. The lowest BCUT2D eigenvalue weighted by Crippen LogP contribution is -2.09. The Kier molecular flexibility index (Phi) is 5.81. The molecule has 2 rings (SSSR count). The molecule has 0 spiro atoms. The highest BCUT2D eigenvalue weighted by Gasteiger charge is 2.12.